The Morgan fingerprint density at radius 1 is 1.19 bits per heavy atom. The normalized spacial score (nSPS) is 12.8. The Bertz CT molecular complexity index is 297. The third-order valence-corrected chi connectivity index (χ3v) is 3.26. The van der Waals surface area contributed by atoms with E-state index < -0.39 is 0 Å². The second-order valence-electron chi connectivity index (χ2n) is 4.72. The summed E-state index contributed by atoms with van der Waals surface area (Å²) in [6, 6.07) is 7.23. The molecule has 0 aliphatic heterocycles. The summed E-state index contributed by atoms with van der Waals surface area (Å²) in [5, 5.41) is 3.46. The zero-order valence-electron chi connectivity index (χ0n) is 11.1. The zero-order valence-corrected chi connectivity index (χ0v) is 11.1. The van der Waals surface area contributed by atoms with Crippen LogP contribution in [0.15, 0.2) is 18.2 Å². The second kappa shape index (κ2) is 6.70. The third kappa shape index (κ3) is 3.97. The minimum atomic E-state index is 0.648. The Hall–Kier alpha value is -0.820. The molecule has 16 heavy (non-hydrogen) atoms. The molecule has 0 amide bonds. The molecule has 1 rings (SSSR count). The van der Waals surface area contributed by atoms with E-state index in [4.69, 9.17) is 0 Å². The molecule has 0 aliphatic rings. The molecule has 90 valence electrons. The predicted molar refractivity (Wildman–Crippen MR) is 72.0 cm³/mol. The number of hydrogen-bond donors (Lipinski definition) is 1. The maximum Gasteiger partial charge on any atom is 0.00387 e. The summed E-state index contributed by atoms with van der Waals surface area (Å²) in [6.07, 6.45) is 3.76. The van der Waals surface area contributed by atoms with Crippen LogP contribution in [-0.2, 0) is 6.42 Å². The zero-order chi connectivity index (χ0) is 12.0. The molecule has 0 spiro atoms. The number of benzene rings is 1. The van der Waals surface area contributed by atoms with Gasteiger partial charge in [-0.3, -0.25) is 0 Å². The second-order valence-corrected chi connectivity index (χ2v) is 4.72. The fourth-order valence-electron chi connectivity index (χ4n) is 2.28. The summed E-state index contributed by atoms with van der Waals surface area (Å²) in [7, 11) is 0. The molecular formula is C15H25N. The van der Waals surface area contributed by atoms with Crippen molar-refractivity contribution in [3.05, 3.63) is 34.9 Å². The van der Waals surface area contributed by atoms with E-state index in [0.29, 0.717) is 6.04 Å². The van der Waals surface area contributed by atoms with Crippen molar-refractivity contribution in [2.75, 3.05) is 6.54 Å². The van der Waals surface area contributed by atoms with Gasteiger partial charge in [0, 0.05) is 6.04 Å². The van der Waals surface area contributed by atoms with E-state index in [1.807, 2.05) is 0 Å². The lowest BCUT2D eigenvalue weighted by atomic mass is 9.97. The lowest BCUT2D eigenvalue weighted by Crippen LogP contribution is -2.25. The molecule has 1 heteroatoms. The Labute approximate surface area is 100 Å². The molecule has 1 aromatic carbocycles. The van der Waals surface area contributed by atoms with Crippen LogP contribution in [0.2, 0.25) is 0 Å². The Morgan fingerprint density at radius 2 is 1.81 bits per heavy atom. The monoisotopic (exact) mass is 219 g/mol. The van der Waals surface area contributed by atoms with Gasteiger partial charge in [0.15, 0.2) is 0 Å². The summed E-state index contributed by atoms with van der Waals surface area (Å²) >= 11 is 0. The standard InChI is InChI=1S/C15H25N/c1-5-16-14(4)10-7-11-15-12(2)8-6-9-13(15)3/h6,8-9,14,16H,5,7,10-11H2,1-4H3. The highest BCUT2D eigenvalue weighted by atomic mass is 14.9. The van der Waals surface area contributed by atoms with Crippen molar-refractivity contribution in [1.82, 2.24) is 5.32 Å². The van der Waals surface area contributed by atoms with Crippen molar-refractivity contribution in [1.29, 1.82) is 0 Å². The van der Waals surface area contributed by atoms with Crippen LogP contribution in [-0.4, -0.2) is 12.6 Å². The van der Waals surface area contributed by atoms with Gasteiger partial charge in [0.25, 0.3) is 0 Å². The van der Waals surface area contributed by atoms with E-state index in [1.165, 1.54) is 30.4 Å². The first-order valence-corrected chi connectivity index (χ1v) is 6.43. The molecule has 0 fully saturated rings. The lowest BCUT2D eigenvalue weighted by molar-refractivity contribution is 0.512. The quantitative estimate of drug-likeness (QED) is 0.770. The van der Waals surface area contributed by atoms with Crippen LogP contribution in [0, 0.1) is 13.8 Å². The molecule has 0 saturated heterocycles. The maximum atomic E-state index is 3.46. The number of rotatable bonds is 6. The molecule has 0 radical (unpaired) electrons. The summed E-state index contributed by atoms with van der Waals surface area (Å²) in [5.74, 6) is 0. The first-order valence-electron chi connectivity index (χ1n) is 6.43. The molecule has 1 atom stereocenters. The van der Waals surface area contributed by atoms with Gasteiger partial charge < -0.3 is 5.32 Å². The first-order chi connectivity index (χ1) is 7.65. The van der Waals surface area contributed by atoms with E-state index in [-0.39, 0.29) is 0 Å². The Balaban J connectivity index is 2.43. The van der Waals surface area contributed by atoms with Crippen molar-refractivity contribution in [2.45, 2.75) is 53.0 Å². The average Bonchev–Trinajstić information content (AvgIpc) is 2.23. The Morgan fingerprint density at radius 3 is 2.38 bits per heavy atom. The van der Waals surface area contributed by atoms with Crippen molar-refractivity contribution in [2.24, 2.45) is 0 Å². The molecule has 0 aromatic heterocycles. The van der Waals surface area contributed by atoms with Gasteiger partial charge in [0.1, 0.15) is 0 Å². The minimum absolute atomic E-state index is 0.648. The minimum Gasteiger partial charge on any atom is -0.315 e. The highest BCUT2D eigenvalue weighted by molar-refractivity contribution is 5.33. The molecule has 1 N–H and O–H groups in total. The predicted octanol–water partition coefficient (Wildman–Crippen LogP) is 3.62. The topological polar surface area (TPSA) is 12.0 Å². The molecule has 0 heterocycles. The van der Waals surface area contributed by atoms with Gasteiger partial charge in [-0.05, 0) is 63.3 Å². The molecule has 1 aromatic rings. The number of aryl methyl sites for hydroxylation is 2. The maximum absolute atomic E-state index is 3.46. The van der Waals surface area contributed by atoms with Crippen LogP contribution in [0.1, 0.15) is 43.4 Å². The van der Waals surface area contributed by atoms with Crippen LogP contribution in [0.3, 0.4) is 0 Å². The molecule has 1 unspecified atom stereocenters. The highest BCUT2D eigenvalue weighted by Crippen LogP contribution is 2.16. The van der Waals surface area contributed by atoms with Crippen molar-refractivity contribution in [3.8, 4) is 0 Å². The summed E-state index contributed by atoms with van der Waals surface area (Å²) < 4.78 is 0. The lowest BCUT2D eigenvalue weighted by Gasteiger charge is -2.13. The number of hydrogen-bond acceptors (Lipinski definition) is 1. The van der Waals surface area contributed by atoms with Crippen molar-refractivity contribution in [3.63, 3.8) is 0 Å². The SMILES string of the molecule is CCNC(C)CCCc1c(C)cccc1C. The van der Waals surface area contributed by atoms with Crippen LogP contribution >= 0.6 is 0 Å². The summed E-state index contributed by atoms with van der Waals surface area (Å²) in [6.45, 7) is 9.95. The summed E-state index contributed by atoms with van der Waals surface area (Å²) in [5.41, 5.74) is 4.43. The van der Waals surface area contributed by atoms with E-state index in [9.17, 15) is 0 Å². The molecular weight excluding hydrogens is 194 g/mol. The largest absolute Gasteiger partial charge is 0.315 e. The van der Waals surface area contributed by atoms with Gasteiger partial charge in [-0.1, -0.05) is 25.1 Å². The van der Waals surface area contributed by atoms with Crippen molar-refractivity contribution >= 4 is 0 Å². The molecule has 0 saturated carbocycles. The third-order valence-electron chi connectivity index (χ3n) is 3.26. The fourth-order valence-corrected chi connectivity index (χ4v) is 2.28. The van der Waals surface area contributed by atoms with E-state index in [2.05, 4.69) is 51.2 Å². The molecule has 1 nitrogen and oxygen atoms in total. The van der Waals surface area contributed by atoms with Gasteiger partial charge >= 0.3 is 0 Å². The van der Waals surface area contributed by atoms with E-state index in [1.54, 1.807) is 5.56 Å². The van der Waals surface area contributed by atoms with E-state index in [0.717, 1.165) is 6.54 Å². The van der Waals surface area contributed by atoms with Gasteiger partial charge in [-0.25, -0.2) is 0 Å². The van der Waals surface area contributed by atoms with E-state index >= 15 is 0 Å². The fraction of sp³-hybridized carbons (Fsp3) is 0.600. The van der Waals surface area contributed by atoms with Gasteiger partial charge in [-0.15, -0.1) is 0 Å². The Kier molecular flexibility index (Phi) is 5.54. The van der Waals surface area contributed by atoms with Crippen LogP contribution < -0.4 is 5.32 Å². The highest BCUT2D eigenvalue weighted by Gasteiger charge is 2.04. The van der Waals surface area contributed by atoms with Crippen molar-refractivity contribution < 1.29 is 0 Å². The molecule has 0 aliphatic carbocycles. The smallest absolute Gasteiger partial charge is 0.00387 e. The average molecular weight is 219 g/mol. The van der Waals surface area contributed by atoms with Crippen LogP contribution in [0.4, 0.5) is 0 Å². The number of nitrogens with one attached hydrogen (secondary N) is 1. The van der Waals surface area contributed by atoms with Crippen LogP contribution in [0.25, 0.3) is 0 Å². The van der Waals surface area contributed by atoms with Gasteiger partial charge in [0.05, 0.1) is 0 Å². The first kappa shape index (κ1) is 13.2. The van der Waals surface area contributed by atoms with Crippen LogP contribution in [0.5, 0.6) is 0 Å². The summed E-state index contributed by atoms with van der Waals surface area (Å²) in [4.78, 5) is 0. The molecule has 0 bridgehead atoms. The van der Waals surface area contributed by atoms with Gasteiger partial charge in [0.2, 0.25) is 0 Å². The van der Waals surface area contributed by atoms with Gasteiger partial charge in [-0.2, -0.15) is 0 Å².